The van der Waals surface area contributed by atoms with E-state index in [2.05, 4.69) is 10.3 Å². The van der Waals surface area contributed by atoms with Gasteiger partial charge in [-0.2, -0.15) is 0 Å². The van der Waals surface area contributed by atoms with Crippen LogP contribution in [0.2, 0.25) is 0 Å². The first-order valence-corrected chi connectivity index (χ1v) is 7.54. The fraction of sp³-hybridized carbons (Fsp3) is 0.0588. The third kappa shape index (κ3) is 3.26. The van der Waals surface area contributed by atoms with Crippen molar-refractivity contribution >= 4 is 34.6 Å². The minimum Gasteiger partial charge on any atom is -0.300 e. The number of rotatable bonds is 2. The number of halogens is 1. The summed E-state index contributed by atoms with van der Waals surface area (Å²) in [4.78, 5) is 17.0. The highest BCUT2D eigenvalue weighted by molar-refractivity contribution is 8.18. The zero-order valence-corrected chi connectivity index (χ0v) is 12.7. The average molecular weight is 312 g/mol. The van der Waals surface area contributed by atoms with Crippen LogP contribution in [0.5, 0.6) is 0 Å². The zero-order valence-electron chi connectivity index (χ0n) is 11.8. The quantitative estimate of drug-likeness (QED) is 0.851. The van der Waals surface area contributed by atoms with Gasteiger partial charge in [-0.15, -0.1) is 0 Å². The van der Waals surface area contributed by atoms with Gasteiger partial charge in [-0.3, -0.25) is 4.79 Å². The van der Waals surface area contributed by atoms with Gasteiger partial charge < -0.3 is 5.32 Å². The van der Waals surface area contributed by atoms with Gasteiger partial charge in [-0.1, -0.05) is 30.3 Å². The van der Waals surface area contributed by atoms with E-state index in [1.165, 1.54) is 23.9 Å². The van der Waals surface area contributed by atoms with Crippen molar-refractivity contribution in [1.29, 1.82) is 0 Å². The van der Waals surface area contributed by atoms with Crippen LogP contribution in [0.3, 0.4) is 0 Å². The Balaban J connectivity index is 1.84. The van der Waals surface area contributed by atoms with Crippen LogP contribution in [-0.2, 0) is 4.79 Å². The van der Waals surface area contributed by atoms with E-state index in [4.69, 9.17) is 0 Å². The Bertz CT molecular complexity index is 782. The molecule has 0 saturated carbocycles. The van der Waals surface area contributed by atoms with Crippen molar-refractivity contribution in [2.45, 2.75) is 6.92 Å². The first kappa shape index (κ1) is 14.5. The molecule has 0 atom stereocenters. The maximum atomic E-state index is 12.9. The maximum absolute atomic E-state index is 12.9. The molecule has 22 heavy (non-hydrogen) atoms. The summed E-state index contributed by atoms with van der Waals surface area (Å²) >= 11 is 1.28. The van der Waals surface area contributed by atoms with E-state index >= 15 is 0 Å². The second kappa shape index (κ2) is 6.15. The molecule has 3 rings (SSSR count). The number of carbonyl (C=O) groups is 1. The second-order valence-corrected chi connectivity index (χ2v) is 5.85. The lowest BCUT2D eigenvalue weighted by atomic mass is 10.2. The number of hydrogen-bond donors (Lipinski definition) is 1. The molecule has 0 bridgehead atoms. The van der Waals surface area contributed by atoms with Gasteiger partial charge in [0.15, 0.2) is 5.17 Å². The van der Waals surface area contributed by atoms with Crippen LogP contribution in [0.4, 0.5) is 10.1 Å². The highest BCUT2D eigenvalue weighted by Crippen LogP contribution is 2.28. The summed E-state index contributed by atoms with van der Waals surface area (Å²) in [6.45, 7) is 1.97. The number of thioether (sulfide) groups is 1. The third-order valence-electron chi connectivity index (χ3n) is 3.16. The summed E-state index contributed by atoms with van der Waals surface area (Å²) in [5.41, 5.74) is 2.64. The van der Waals surface area contributed by atoms with Crippen LogP contribution < -0.4 is 5.32 Å². The van der Waals surface area contributed by atoms with Gasteiger partial charge in [0.1, 0.15) is 5.82 Å². The molecule has 0 spiro atoms. The number of hydrogen-bond acceptors (Lipinski definition) is 3. The minimum atomic E-state index is -0.299. The molecule has 1 aliphatic rings. The number of amides is 1. The van der Waals surface area contributed by atoms with Crippen LogP contribution in [0.25, 0.3) is 6.08 Å². The number of aryl methyl sites for hydroxylation is 1. The SMILES string of the molecule is Cc1ccccc1N=C1NC(=O)C(=Cc2ccc(F)cc2)S1. The second-order valence-electron chi connectivity index (χ2n) is 4.82. The average Bonchev–Trinajstić information content (AvgIpc) is 2.84. The van der Waals surface area contributed by atoms with Gasteiger partial charge in [0.25, 0.3) is 5.91 Å². The highest BCUT2D eigenvalue weighted by Gasteiger charge is 2.23. The number of carbonyl (C=O) groups excluding carboxylic acids is 1. The molecule has 110 valence electrons. The van der Waals surface area contributed by atoms with Gasteiger partial charge in [-0.05, 0) is 54.1 Å². The molecular formula is C17H13FN2OS. The van der Waals surface area contributed by atoms with Crippen LogP contribution in [0, 0.1) is 12.7 Å². The van der Waals surface area contributed by atoms with Crippen molar-refractivity contribution < 1.29 is 9.18 Å². The summed E-state index contributed by atoms with van der Waals surface area (Å²) in [5.74, 6) is -0.492. The molecule has 3 nitrogen and oxygen atoms in total. The number of benzene rings is 2. The van der Waals surface area contributed by atoms with Gasteiger partial charge in [0.2, 0.25) is 0 Å². The van der Waals surface area contributed by atoms with E-state index < -0.39 is 0 Å². The van der Waals surface area contributed by atoms with Gasteiger partial charge in [0.05, 0.1) is 10.6 Å². The fourth-order valence-corrected chi connectivity index (χ4v) is 2.82. The molecular weight excluding hydrogens is 299 g/mol. The zero-order chi connectivity index (χ0) is 15.5. The largest absolute Gasteiger partial charge is 0.300 e. The van der Waals surface area contributed by atoms with Crippen molar-refractivity contribution in [1.82, 2.24) is 5.32 Å². The lowest BCUT2D eigenvalue weighted by molar-refractivity contribution is -0.115. The van der Waals surface area contributed by atoms with Crippen molar-refractivity contribution in [2.75, 3.05) is 0 Å². The first-order valence-electron chi connectivity index (χ1n) is 6.72. The normalized spacial score (nSPS) is 18.0. The van der Waals surface area contributed by atoms with Crippen LogP contribution >= 0.6 is 11.8 Å². The van der Waals surface area contributed by atoms with Crippen molar-refractivity contribution in [3.05, 3.63) is 70.4 Å². The molecule has 1 heterocycles. The molecule has 0 unspecified atom stereocenters. The Kier molecular flexibility index (Phi) is 4.06. The Morgan fingerprint density at radius 1 is 1.14 bits per heavy atom. The predicted molar refractivity (Wildman–Crippen MR) is 88.4 cm³/mol. The summed E-state index contributed by atoms with van der Waals surface area (Å²) < 4.78 is 12.9. The van der Waals surface area contributed by atoms with E-state index in [1.54, 1.807) is 18.2 Å². The van der Waals surface area contributed by atoms with Gasteiger partial charge >= 0.3 is 0 Å². The number of nitrogens with one attached hydrogen (secondary N) is 1. The molecule has 2 aromatic carbocycles. The third-order valence-corrected chi connectivity index (χ3v) is 4.07. The van der Waals surface area contributed by atoms with Gasteiger partial charge in [-0.25, -0.2) is 9.38 Å². The molecule has 5 heteroatoms. The van der Waals surface area contributed by atoms with E-state index in [0.29, 0.717) is 10.1 Å². The number of amidine groups is 1. The Morgan fingerprint density at radius 3 is 2.59 bits per heavy atom. The molecule has 1 fully saturated rings. The Morgan fingerprint density at radius 2 is 1.86 bits per heavy atom. The van der Waals surface area contributed by atoms with Crippen molar-refractivity contribution in [3.63, 3.8) is 0 Å². The molecule has 1 aliphatic heterocycles. The monoisotopic (exact) mass is 312 g/mol. The topological polar surface area (TPSA) is 41.5 Å². The lowest BCUT2D eigenvalue weighted by Gasteiger charge is -1.99. The minimum absolute atomic E-state index is 0.193. The molecule has 0 aliphatic carbocycles. The van der Waals surface area contributed by atoms with Crippen LogP contribution in [0.15, 0.2) is 58.4 Å². The van der Waals surface area contributed by atoms with E-state index in [9.17, 15) is 9.18 Å². The summed E-state index contributed by atoms with van der Waals surface area (Å²) in [7, 11) is 0. The molecule has 1 N–H and O–H groups in total. The lowest BCUT2D eigenvalue weighted by Crippen LogP contribution is -2.19. The molecule has 0 aromatic heterocycles. The van der Waals surface area contributed by atoms with Crippen LogP contribution in [0.1, 0.15) is 11.1 Å². The molecule has 2 aromatic rings. The Labute approximate surface area is 132 Å². The predicted octanol–water partition coefficient (Wildman–Crippen LogP) is 4.03. The van der Waals surface area contributed by atoms with Crippen molar-refractivity contribution in [2.24, 2.45) is 4.99 Å². The number of nitrogens with zero attached hydrogens (tertiary/aromatic N) is 1. The van der Waals surface area contributed by atoms with E-state index in [0.717, 1.165) is 16.8 Å². The number of para-hydroxylation sites is 1. The highest BCUT2D eigenvalue weighted by atomic mass is 32.2. The smallest absolute Gasteiger partial charge is 0.264 e. The Hall–Kier alpha value is -2.40. The summed E-state index contributed by atoms with van der Waals surface area (Å²) in [6, 6.07) is 13.7. The van der Waals surface area contributed by atoms with Crippen LogP contribution in [-0.4, -0.2) is 11.1 Å². The van der Waals surface area contributed by atoms with E-state index in [1.807, 2.05) is 31.2 Å². The standard InChI is InChI=1S/C17H13FN2OS/c1-11-4-2-3-5-14(11)19-17-20-16(21)15(22-17)10-12-6-8-13(18)9-7-12/h2-10H,1H3,(H,19,20,21). The van der Waals surface area contributed by atoms with E-state index in [-0.39, 0.29) is 11.7 Å². The van der Waals surface area contributed by atoms with Crippen molar-refractivity contribution in [3.8, 4) is 0 Å². The van der Waals surface area contributed by atoms with Gasteiger partial charge in [0, 0.05) is 0 Å². The molecule has 0 radical (unpaired) electrons. The fourth-order valence-electron chi connectivity index (χ4n) is 1.99. The maximum Gasteiger partial charge on any atom is 0.264 e. The summed E-state index contributed by atoms with van der Waals surface area (Å²) in [5, 5.41) is 3.29. The summed E-state index contributed by atoms with van der Waals surface area (Å²) in [6.07, 6.45) is 1.72. The molecule has 1 saturated heterocycles. The first-order chi connectivity index (χ1) is 10.6. The molecule has 1 amide bonds. The number of aliphatic imine (C=N–C) groups is 1.